The van der Waals surface area contributed by atoms with Crippen LogP contribution in [0.25, 0.3) is 0 Å². The maximum Gasteiger partial charge on any atom is 0.329 e. The second kappa shape index (κ2) is 16.2. The van der Waals surface area contributed by atoms with Crippen molar-refractivity contribution in [3.05, 3.63) is 11.3 Å². The number of carboxylic acids is 1. The third kappa shape index (κ3) is 13.8. The number of allylic oxidation sites excluding steroid dienone is 2. The van der Waals surface area contributed by atoms with Crippen LogP contribution in [-0.2, 0) is 38.3 Å². The molecular weight excluding hydrogens is 560 g/mol. The Morgan fingerprint density at radius 2 is 1.49 bits per heavy atom. The summed E-state index contributed by atoms with van der Waals surface area (Å²) in [6, 6.07) is -3.03. The third-order valence-corrected chi connectivity index (χ3v) is 6.62. The number of carboxylic acid groups (broad SMARTS) is 1. The van der Waals surface area contributed by atoms with Crippen molar-refractivity contribution >= 4 is 41.2 Å². The maximum atomic E-state index is 12.7. The quantitative estimate of drug-likeness (QED) is 0.0789. The number of rotatable bonds is 15. The van der Waals surface area contributed by atoms with Crippen molar-refractivity contribution in [2.45, 2.75) is 124 Å². The Morgan fingerprint density at radius 3 is 2.00 bits per heavy atom. The Labute approximate surface area is 253 Å². The summed E-state index contributed by atoms with van der Waals surface area (Å²) in [7, 11) is 0. The van der Waals surface area contributed by atoms with E-state index in [2.05, 4.69) is 21.3 Å². The monoisotopic (exact) mass is 608 g/mol. The molecule has 43 heavy (non-hydrogen) atoms. The minimum Gasteiger partial charge on any atom is -0.480 e. The minimum absolute atomic E-state index is 0.0343. The average Bonchev–Trinajstić information content (AvgIpc) is 2.82. The fourth-order valence-electron chi connectivity index (χ4n) is 4.63. The zero-order chi connectivity index (χ0) is 33.1. The van der Waals surface area contributed by atoms with Crippen LogP contribution in [0.1, 0.15) is 100 Å². The van der Waals surface area contributed by atoms with Crippen LogP contribution < -0.4 is 21.3 Å². The van der Waals surface area contributed by atoms with Gasteiger partial charge in [-0.05, 0) is 65.7 Å². The average molecular weight is 609 g/mol. The van der Waals surface area contributed by atoms with Gasteiger partial charge < -0.3 is 31.1 Å². The molecule has 1 aliphatic rings. The molecule has 5 N–H and O–H groups in total. The van der Waals surface area contributed by atoms with E-state index in [1.807, 2.05) is 13.8 Å². The Kier molecular flexibility index (Phi) is 14.0. The Morgan fingerprint density at radius 1 is 0.907 bits per heavy atom. The lowest BCUT2D eigenvalue weighted by Crippen LogP contribution is -2.49. The Hall–Kier alpha value is -3.77. The third-order valence-electron chi connectivity index (χ3n) is 6.62. The highest BCUT2D eigenvalue weighted by atomic mass is 16.6. The first-order chi connectivity index (χ1) is 19.7. The van der Waals surface area contributed by atoms with Gasteiger partial charge in [-0.2, -0.15) is 0 Å². The van der Waals surface area contributed by atoms with Crippen LogP contribution in [0.2, 0.25) is 0 Å². The van der Waals surface area contributed by atoms with Gasteiger partial charge in [0.2, 0.25) is 17.7 Å². The van der Waals surface area contributed by atoms with E-state index in [0.29, 0.717) is 12.8 Å². The molecule has 0 aromatic rings. The number of carbonyl (C=O) groups excluding carboxylic acids is 6. The first-order valence-electron chi connectivity index (χ1n) is 14.6. The van der Waals surface area contributed by atoms with Crippen molar-refractivity contribution in [3.63, 3.8) is 0 Å². The Balaban J connectivity index is 2.53. The number of Topliss-reactive ketones (excluding diaryl/α,β-unsaturated/α-hetero) is 2. The molecular formula is C30H48N4O9. The molecule has 1 rings (SSSR count). The molecule has 13 nitrogen and oxygen atoms in total. The second-order valence-electron chi connectivity index (χ2n) is 12.8. The van der Waals surface area contributed by atoms with E-state index in [1.165, 1.54) is 13.8 Å². The smallest absolute Gasteiger partial charge is 0.329 e. The normalized spacial score (nSPS) is 16.8. The highest BCUT2D eigenvalue weighted by molar-refractivity contribution is 6.22. The summed E-state index contributed by atoms with van der Waals surface area (Å²) in [5, 5.41) is 20.1. The van der Waals surface area contributed by atoms with Crippen LogP contribution in [-0.4, -0.2) is 76.6 Å². The summed E-state index contributed by atoms with van der Waals surface area (Å²) in [6.07, 6.45) is 1.39. The summed E-state index contributed by atoms with van der Waals surface area (Å²) in [6.45, 7) is 13.4. The summed E-state index contributed by atoms with van der Waals surface area (Å²) < 4.78 is 5.30. The van der Waals surface area contributed by atoms with Gasteiger partial charge in [0.1, 0.15) is 23.7 Å². The van der Waals surface area contributed by atoms with Gasteiger partial charge in [0, 0.05) is 38.4 Å². The van der Waals surface area contributed by atoms with E-state index in [9.17, 15) is 38.7 Å². The molecule has 3 unspecified atom stereocenters. The molecule has 0 aromatic carbocycles. The summed E-state index contributed by atoms with van der Waals surface area (Å²) >= 11 is 0. The predicted molar refractivity (Wildman–Crippen MR) is 157 cm³/mol. The highest BCUT2D eigenvalue weighted by Gasteiger charge is 2.37. The van der Waals surface area contributed by atoms with Gasteiger partial charge in [-0.15, -0.1) is 0 Å². The number of unbranched alkanes of at least 4 members (excludes halogenated alkanes) is 1. The number of nitrogens with one attached hydrogen (secondary N) is 4. The molecule has 242 valence electrons. The summed E-state index contributed by atoms with van der Waals surface area (Å²) in [4.78, 5) is 85.5. The molecule has 3 amide bonds. The van der Waals surface area contributed by atoms with Crippen molar-refractivity contribution in [3.8, 4) is 0 Å². The zero-order valence-electron chi connectivity index (χ0n) is 26.6. The molecule has 0 aliphatic heterocycles. The van der Waals surface area contributed by atoms with E-state index in [4.69, 9.17) is 4.74 Å². The fraction of sp³-hybridized carbons (Fsp3) is 0.700. The number of hydrogen-bond donors (Lipinski definition) is 5. The molecule has 0 radical (unpaired) electrons. The minimum atomic E-state index is -1.22. The predicted octanol–water partition coefficient (Wildman–Crippen LogP) is 1.68. The second-order valence-corrected chi connectivity index (χ2v) is 12.8. The van der Waals surface area contributed by atoms with Gasteiger partial charge in [-0.1, -0.05) is 13.8 Å². The number of carbonyl (C=O) groups is 7. The van der Waals surface area contributed by atoms with Crippen molar-refractivity contribution in [2.75, 3.05) is 6.54 Å². The summed E-state index contributed by atoms with van der Waals surface area (Å²) in [5.41, 5.74) is -0.838. The molecule has 1 aliphatic carbocycles. The van der Waals surface area contributed by atoms with Crippen LogP contribution in [0.4, 0.5) is 0 Å². The number of ketones is 2. The SMILES string of the molecule is CC(=O)NC(CCC(=O)NCCCCC(NC(=O)C(C)NC(C)=C1C(=O)CC(C)(C)CC1=O)C(=O)O)C(=O)OC(C)(C)C. The van der Waals surface area contributed by atoms with E-state index in [0.717, 1.165) is 0 Å². The van der Waals surface area contributed by atoms with Crippen LogP contribution >= 0.6 is 0 Å². The highest BCUT2D eigenvalue weighted by Crippen LogP contribution is 2.34. The lowest BCUT2D eigenvalue weighted by atomic mass is 9.73. The molecule has 0 saturated heterocycles. The first-order valence-corrected chi connectivity index (χ1v) is 14.6. The van der Waals surface area contributed by atoms with Crippen LogP contribution in [0.5, 0.6) is 0 Å². The molecule has 1 saturated carbocycles. The van der Waals surface area contributed by atoms with Crippen LogP contribution in [0.15, 0.2) is 11.3 Å². The molecule has 0 aromatic heterocycles. The lowest BCUT2D eigenvalue weighted by molar-refractivity contribution is -0.158. The van der Waals surface area contributed by atoms with Crippen molar-refractivity contribution in [2.24, 2.45) is 5.41 Å². The first kappa shape index (κ1) is 37.3. The van der Waals surface area contributed by atoms with Crippen LogP contribution in [0.3, 0.4) is 0 Å². The van der Waals surface area contributed by atoms with E-state index in [1.54, 1.807) is 27.7 Å². The van der Waals surface area contributed by atoms with Gasteiger partial charge in [0.05, 0.1) is 5.57 Å². The molecule has 1 fully saturated rings. The van der Waals surface area contributed by atoms with E-state index < -0.39 is 52.9 Å². The number of ether oxygens (including phenoxy) is 1. The van der Waals surface area contributed by atoms with E-state index in [-0.39, 0.29) is 67.4 Å². The largest absolute Gasteiger partial charge is 0.480 e. The van der Waals surface area contributed by atoms with Gasteiger partial charge in [-0.3, -0.25) is 24.0 Å². The van der Waals surface area contributed by atoms with Crippen molar-refractivity contribution < 1.29 is 43.4 Å². The fourth-order valence-corrected chi connectivity index (χ4v) is 4.63. The maximum absolute atomic E-state index is 12.7. The number of hydrogen-bond acceptors (Lipinski definition) is 9. The topological polar surface area (TPSA) is 197 Å². The zero-order valence-corrected chi connectivity index (χ0v) is 26.6. The molecule has 0 heterocycles. The number of amides is 3. The van der Waals surface area contributed by atoms with Gasteiger partial charge in [0.15, 0.2) is 11.6 Å². The molecule has 0 bridgehead atoms. The standard InChI is InChI=1S/C30H48N4O9/c1-17(25-22(36)15-30(7,8)16-23(25)37)32-18(2)26(39)34-20(27(40)41)11-9-10-14-31-24(38)13-12-21(33-19(3)35)28(42)43-29(4,5)6/h18,20-21,32H,9-16H2,1-8H3,(H,31,38)(H,33,35)(H,34,39)(H,40,41). The van der Waals surface area contributed by atoms with Crippen molar-refractivity contribution in [1.82, 2.24) is 21.3 Å². The summed E-state index contributed by atoms with van der Waals surface area (Å²) in [5.74, 6) is -3.79. The lowest BCUT2D eigenvalue weighted by Gasteiger charge is -2.30. The Bertz CT molecular complexity index is 1100. The van der Waals surface area contributed by atoms with E-state index >= 15 is 0 Å². The van der Waals surface area contributed by atoms with Crippen LogP contribution in [0, 0.1) is 5.41 Å². The van der Waals surface area contributed by atoms with Crippen molar-refractivity contribution in [1.29, 1.82) is 0 Å². The number of aliphatic carboxylic acids is 1. The van der Waals surface area contributed by atoms with Gasteiger partial charge in [-0.25, -0.2) is 9.59 Å². The molecule has 0 spiro atoms. The van der Waals surface area contributed by atoms with Gasteiger partial charge >= 0.3 is 11.9 Å². The molecule has 13 heteroatoms. The number of esters is 1. The van der Waals surface area contributed by atoms with Gasteiger partial charge in [0.25, 0.3) is 0 Å². The molecule has 3 atom stereocenters.